The van der Waals surface area contributed by atoms with Gasteiger partial charge in [0.05, 0.1) is 26.7 Å². The van der Waals surface area contributed by atoms with Crippen LogP contribution in [-0.4, -0.2) is 30.2 Å². The van der Waals surface area contributed by atoms with Crippen LogP contribution in [0.3, 0.4) is 0 Å². The predicted octanol–water partition coefficient (Wildman–Crippen LogP) is 4.80. The molecule has 0 saturated heterocycles. The summed E-state index contributed by atoms with van der Waals surface area (Å²) >= 11 is 0. The van der Waals surface area contributed by atoms with Crippen LogP contribution in [0.5, 0.6) is 0 Å². The van der Waals surface area contributed by atoms with Crippen molar-refractivity contribution in [3.05, 3.63) is 35.4 Å². The van der Waals surface area contributed by atoms with Crippen LogP contribution < -0.4 is 12.4 Å². The quantitative estimate of drug-likeness (QED) is 0.257. The van der Waals surface area contributed by atoms with Crippen LogP contribution in [0.15, 0.2) is 24.3 Å². The van der Waals surface area contributed by atoms with Crippen LogP contribution in [-0.2, 0) is 6.54 Å². The fourth-order valence-electron chi connectivity index (χ4n) is 4.36. The zero-order chi connectivity index (χ0) is 21.4. The molecular weight excluding hydrogens is 390 g/mol. The second-order valence-electron chi connectivity index (χ2n) is 9.79. The lowest BCUT2D eigenvalue weighted by atomic mass is 10.0. The third kappa shape index (κ3) is 14.4. The standard InChI is InChI=1S/C27H50NO.ClH/c1-5-6-7-8-9-10-11-12-13-14-15-16-17-20-23-28(3,4)24-26-21-18-19-22-27(26)25(2)29;/h18-19,21-22,25,29H,5-17,20,23-24H2,1-4H3;1H/q+1;/p-1. The van der Waals surface area contributed by atoms with Crippen LogP contribution in [0.1, 0.15) is 121 Å². The molecule has 2 nitrogen and oxygen atoms in total. The Bertz CT molecular complexity index is 515. The molecule has 1 aromatic carbocycles. The van der Waals surface area contributed by atoms with Crippen molar-refractivity contribution in [2.24, 2.45) is 0 Å². The van der Waals surface area contributed by atoms with Crippen molar-refractivity contribution in [2.45, 2.75) is 116 Å². The van der Waals surface area contributed by atoms with E-state index in [1.165, 1.54) is 102 Å². The summed E-state index contributed by atoms with van der Waals surface area (Å²) in [6.07, 6.45) is 19.4. The van der Waals surface area contributed by atoms with Gasteiger partial charge in [-0.2, -0.15) is 0 Å². The van der Waals surface area contributed by atoms with Crippen molar-refractivity contribution in [1.29, 1.82) is 0 Å². The summed E-state index contributed by atoms with van der Waals surface area (Å²) in [5.41, 5.74) is 2.37. The molecule has 30 heavy (non-hydrogen) atoms. The Labute approximate surface area is 194 Å². The summed E-state index contributed by atoms with van der Waals surface area (Å²) in [4.78, 5) is 0. The molecule has 0 spiro atoms. The van der Waals surface area contributed by atoms with E-state index in [4.69, 9.17) is 0 Å². The highest BCUT2D eigenvalue weighted by Crippen LogP contribution is 2.21. The van der Waals surface area contributed by atoms with E-state index >= 15 is 0 Å². The minimum atomic E-state index is -0.382. The van der Waals surface area contributed by atoms with E-state index in [1.807, 2.05) is 13.0 Å². The number of nitrogens with zero attached hydrogens (tertiary/aromatic N) is 1. The van der Waals surface area contributed by atoms with Gasteiger partial charge in [-0.25, -0.2) is 0 Å². The number of benzene rings is 1. The monoisotopic (exact) mass is 439 g/mol. The van der Waals surface area contributed by atoms with Gasteiger partial charge in [0.2, 0.25) is 0 Å². The second-order valence-corrected chi connectivity index (χ2v) is 9.79. The summed E-state index contributed by atoms with van der Waals surface area (Å²) in [6.45, 7) is 6.37. The number of quaternary nitrogens is 1. The van der Waals surface area contributed by atoms with Gasteiger partial charge in [0, 0.05) is 5.56 Å². The lowest BCUT2D eigenvalue weighted by molar-refractivity contribution is -0.903. The molecule has 0 bridgehead atoms. The molecule has 176 valence electrons. The average molecular weight is 440 g/mol. The Morgan fingerprint density at radius 3 is 1.63 bits per heavy atom. The largest absolute Gasteiger partial charge is 1.00 e. The number of aliphatic hydroxyl groups excluding tert-OH is 1. The van der Waals surface area contributed by atoms with E-state index < -0.39 is 0 Å². The second kappa shape index (κ2) is 18.0. The van der Waals surface area contributed by atoms with Gasteiger partial charge in [0.25, 0.3) is 0 Å². The molecule has 3 heteroatoms. The molecule has 1 aromatic rings. The summed E-state index contributed by atoms with van der Waals surface area (Å²) in [5, 5.41) is 10.0. The lowest BCUT2D eigenvalue weighted by Crippen LogP contribution is -3.00. The van der Waals surface area contributed by atoms with Gasteiger partial charge in [0.1, 0.15) is 6.54 Å². The highest BCUT2D eigenvalue weighted by molar-refractivity contribution is 5.28. The third-order valence-corrected chi connectivity index (χ3v) is 6.22. The maximum Gasteiger partial charge on any atom is 0.104 e. The van der Waals surface area contributed by atoms with Crippen LogP contribution in [0, 0.1) is 0 Å². The highest BCUT2D eigenvalue weighted by Gasteiger charge is 2.18. The first kappa shape index (κ1) is 29.4. The Balaban J connectivity index is 0.00000841. The van der Waals surface area contributed by atoms with Crippen molar-refractivity contribution in [3.63, 3.8) is 0 Å². The van der Waals surface area contributed by atoms with Gasteiger partial charge in [-0.1, -0.05) is 108 Å². The average Bonchev–Trinajstić information content (AvgIpc) is 2.68. The van der Waals surface area contributed by atoms with E-state index in [2.05, 4.69) is 39.2 Å². The first-order valence-electron chi connectivity index (χ1n) is 12.5. The maximum absolute atomic E-state index is 10.0. The minimum Gasteiger partial charge on any atom is -1.00 e. The molecule has 0 amide bonds. The summed E-state index contributed by atoms with van der Waals surface area (Å²) in [5.74, 6) is 0. The molecule has 1 unspecified atom stereocenters. The van der Waals surface area contributed by atoms with Gasteiger partial charge < -0.3 is 22.0 Å². The molecule has 0 aliphatic heterocycles. The summed E-state index contributed by atoms with van der Waals surface area (Å²) in [7, 11) is 4.64. The first-order chi connectivity index (χ1) is 14.0. The maximum atomic E-state index is 10.0. The van der Waals surface area contributed by atoms with Crippen LogP contribution in [0.4, 0.5) is 0 Å². The molecule has 0 heterocycles. The molecule has 0 aliphatic rings. The van der Waals surface area contributed by atoms with Crippen molar-refractivity contribution < 1.29 is 22.0 Å². The number of hydrogen-bond acceptors (Lipinski definition) is 1. The van der Waals surface area contributed by atoms with Crippen molar-refractivity contribution in [2.75, 3.05) is 20.6 Å². The number of halogens is 1. The van der Waals surface area contributed by atoms with E-state index in [-0.39, 0.29) is 18.5 Å². The predicted molar refractivity (Wildman–Crippen MR) is 128 cm³/mol. The zero-order valence-electron chi connectivity index (χ0n) is 20.5. The van der Waals surface area contributed by atoms with Gasteiger partial charge in [-0.15, -0.1) is 0 Å². The zero-order valence-corrected chi connectivity index (χ0v) is 21.2. The molecule has 1 atom stereocenters. The van der Waals surface area contributed by atoms with Crippen molar-refractivity contribution >= 4 is 0 Å². The summed E-state index contributed by atoms with van der Waals surface area (Å²) < 4.78 is 1.00. The lowest BCUT2D eigenvalue weighted by Gasteiger charge is -2.31. The van der Waals surface area contributed by atoms with Crippen molar-refractivity contribution in [3.8, 4) is 0 Å². The van der Waals surface area contributed by atoms with E-state index in [0.717, 1.165) is 16.6 Å². The molecule has 0 aromatic heterocycles. The molecule has 0 saturated carbocycles. The molecular formula is C27H50ClNO. The molecule has 0 fully saturated rings. The Kier molecular flexibility index (Phi) is 17.7. The van der Waals surface area contributed by atoms with Crippen LogP contribution in [0.2, 0.25) is 0 Å². The summed E-state index contributed by atoms with van der Waals surface area (Å²) in [6, 6.07) is 8.35. The number of hydrogen-bond donors (Lipinski definition) is 1. The Morgan fingerprint density at radius 1 is 0.733 bits per heavy atom. The number of unbranched alkanes of at least 4 members (excludes halogenated alkanes) is 13. The molecule has 1 rings (SSSR count). The topological polar surface area (TPSA) is 20.2 Å². The molecule has 0 aliphatic carbocycles. The van der Waals surface area contributed by atoms with Crippen molar-refractivity contribution in [1.82, 2.24) is 0 Å². The van der Waals surface area contributed by atoms with Gasteiger partial charge in [-0.3, -0.25) is 0 Å². The van der Waals surface area contributed by atoms with Gasteiger partial charge in [0.15, 0.2) is 0 Å². The first-order valence-corrected chi connectivity index (χ1v) is 12.5. The van der Waals surface area contributed by atoms with E-state index in [1.54, 1.807) is 0 Å². The highest BCUT2D eigenvalue weighted by atomic mass is 35.5. The Hall–Kier alpha value is -0.570. The third-order valence-electron chi connectivity index (χ3n) is 6.22. The van der Waals surface area contributed by atoms with Crippen LogP contribution in [0.25, 0.3) is 0 Å². The smallest absolute Gasteiger partial charge is 0.104 e. The number of aliphatic hydroxyl groups is 1. The minimum absolute atomic E-state index is 0. The normalized spacial score (nSPS) is 12.6. The number of rotatable bonds is 18. The fraction of sp³-hybridized carbons (Fsp3) is 0.778. The van der Waals surface area contributed by atoms with Crippen LogP contribution >= 0.6 is 0 Å². The van der Waals surface area contributed by atoms with Gasteiger partial charge >= 0.3 is 0 Å². The van der Waals surface area contributed by atoms with E-state index in [9.17, 15) is 5.11 Å². The van der Waals surface area contributed by atoms with E-state index in [0.29, 0.717) is 0 Å². The molecule has 0 radical (unpaired) electrons. The fourth-order valence-corrected chi connectivity index (χ4v) is 4.36. The van der Waals surface area contributed by atoms with Gasteiger partial charge in [-0.05, 0) is 25.3 Å². The SMILES string of the molecule is CCCCCCCCCCCCCCCC[N+](C)(C)Cc1ccccc1C(C)O.[Cl-]. The Morgan fingerprint density at radius 2 is 1.17 bits per heavy atom. The molecule has 1 N–H and O–H groups in total.